The number of likely N-dealkylation sites (tertiary alicyclic amines) is 1. The number of aliphatic hydroxyl groups is 1. The molecule has 2 fully saturated rings. The van der Waals surface area contributed by atoms with Crippen molar-refractivity contribution in [1.82, 2.24) is 14.9 Å². The zero-order chi connectivity index (χ0) is 25.8. The Morgan fingerprint density at radius 2 is 1.95 bits per heavy atom. The standard InChI is InChI=1S/C27H32N6O4/c1-18(34)26(35)33-11-9-22(17-33)37-25-7-2-19(16-23(25)28)24-8-10-29-27(31-24)30-20-3-5-21(6-4-20)32-12-14-36-15-13-32/h2-8,10,16,18,22,34H,9,11-15,17,28H2,1H3,(H,29,30,31)/t18-,22?/m1/s1. The summed E-state index contributed by atoms with van der Waals surface area (Å²) in [6, 6.07) is 15.6. The topological polar surface area (TPSA) is 126 Å². The highest BCUT2D eigenvalue weighted by molar-refractivity contribution is 5.80. The Labute approximate surface area is 216 Å². The summed E-state index contributed by atoms with van der Waals surface area (Å²) in [7, 11) is 0. The normalized spacial score (nSPS) is 18.5. The van der Waals surface area contributed by atoms with Crippen molar-refractivity contribution in [1.29, 1.82) is 0 Å². The molecule has 2 aromatic carbocycles. The smallest absolute Gasteiger partial charge is 0.251 e. The van der Waals surface area contributed by atoms with Crippen LogP contribution in [0.5, 0.6) is 5.75 Å². The van der Waals surface area contributed by atoms with Crippen LogP contribution >= 0.6 is 0 Å². The largest absolute Gasteiger partial charge is 0.486 e. The predicted octanol–water partition coefficient (Wildman–Crippen LogP) is 2.67. The van der Waals surface area contributed by atoms with E-state index < -0.39 is 6.10 Å². The molecule has 2 aliphatic heterocycles. The third-order valence-corrected chi connectivity index (χ3v) is 6.57. The Morgan fingerprint density at radius 3 is 2.68 bits per heavy atom. The molecule has 194 valence electrons. The van der Waals surface area contributed by atoms with Gasteiger partial charge < -0.3 is 35.4 Å². The second-order valence-electron chi connectivity index (χ2n) is 9.28. The highest BCUT2D eigenvalue weighted by Gasteiger charge is 2.29. The van der Waals surface area contributed by atoms with Crippen molar-refractivity contribution in [2.45, 2.75) is 25.6 Å². The van der Waals surface area contributed by atoms with Gasteiger partial charge in [-0.05, 0) is 55.5 Å². The van der Waals surface area contributed by atoms with E-state index in [0.717, 1.165) is 43.2 Å². The molecule has 3 aromatic rings. The van der Waals surface area contributed by atoms with E-state index in [0.29, 0.717) is 36.9 Å². The summed E-state index contributed by atoms with van der Waals surface area (Å²) < 4.78 is 11.5. The highest BCUT2D eigenvalue weighted by atomic mass is 16.5. The number of carbonyl (C=O) groups excluding carboxylic acids is 1. The summed E-state index contributed by atoms with van der Waals surface area (Å²) in [5.41, 5.74) is 10.4. The highest BCUT2D eigenvalue weighted by Crippen LogP contribution is 2.30. The fourth-order valence-electron chi connectivity index (χ4n) is 4.57. The van der Waals surface area contributed by atoms with Crippen molar-refractivity contribution < 1.29 is 19.4 Å². The molecule has 10 nitrogen and oxygen atoms in total. The number of rotatable bonds is 7. The van der Waals surface area contributed by atoms with Crippen LogP contribution in [0.3, 0.4) is 0 Å². The van der Waals surface area contributed by atoms with Gasteiger partial charge in [0.1, 0.15) is 18.0 Å². The molecule has 1 amide bonds. The number of anilines is 4. The van der Waals surface area contributed by atoms with Gasteiger partial charge in [0.2, 0.25) is 5.95 Å². The van der Waals surface area contributed by atoms with Gasteiger partial charge in [-0.25, -0.2) is 9.97 Å². The molecule has 4 N–H and O–H groups in total. The van der Waals surface area contributed by atoms with E-state index in [9.17, 15) is 9.90 Å². The Balaban J connectivity index is 1.22. The van der Waals surface area contributed by atoms with E-state index in [-0.39, 0.29) is 12.0 Å². The first-order valence-electron chi connectivity index (χ1n) is 12.5. The van der Waals surface area contributed by atoms with Crippen LogP contribution in [0.15, 0.2) is 54.7 Å². The first-order valence-corrected chi connectivity index (χ1v) is 12.5. The summed E-state index contributed by atoms with van der Waals surface area (Å²) in [4.78, 5) is 24.9. The Morgan fingerprint density at radius 1 is 1.16 bits per heavy atom. The van der Waals surface area contributed by atoms with E-state index >= 15 is 0 Å². The number of nitrogen functional groups attached to an aromatic ring is 1. The average molecular weight is 505 g/mol. The molecule has 5 rings (SSSR count). The van der Waals surface area contributed by atoms with Gasteiger partial charge in [-0.1, -0.05) is 0 Å². The minimum atomic E-state index is -1.01. The number of hydrogen-bond donors (Lipinski definition) is 3. The molecule has 1 unspecified atom stereocenters. The van der Waals surface area contributed by atoms with Crippen LogP contribution in [0.25, 0.3) is 11.3 Å². The lowest BCUT2D eigenvalue weighted by Gasteiger charge is -2.28. The van der Waals surface area contributed by atoms with Crippen LogP contribution in [0.2, 0.25) is 0 Å². The van der Waals surface area contributed by atoms with E-state index in [2.05, 4.69) is 32.3 Å². The summed E-state index contributed by atoms with van der Waals surface area (Å²) in [6.45, 7) is 5.76. The minimum Gasteiger partial charge on any atom is -0.486 e. The summed E-state index contributed by atoms with van der Waals surface area (Å²) in [6.07, 6.45) is 1.22. The molecule has 0 bridgehead atoms. The summed E-state index contributed by atoms with van der Waals surface area (Å²) in [5.74, 6) is 0.771. The van der Waals surface area contributed by atoms with Crippen LogP contribution in [0, 0.1) is 0 Å². The van der Waals surface area contributed by atoms with Gasteiger partial charge in [-0.2, -0.15) is 0 Å². The Hall–Kier alpha value is -3.89. The first kappa shape index (κ1) is 24.8. The van der Waals surface area contributed by atoms with Crippen LogP contribution in [-0.2, 0) is 9.53 Å². The van der Waals surface area contributed by atoms with Gasteiger partial charge in [-0.15, -0.1) is 0 Å². The predicted molar refractivity (Wildman–Crippen MR) is 142 cm³/mol. The molecule has 0 saturated carbocycles. The molecule has 2 saturated heterocycles. The molecule has 0 radical (unpaired) electrons. The van der Waals surface area contributed by atoms with E-state index in [1.807, 2.05) is 36.4 Å². The van der Waals surface area contributed by atoms with E-state index in [1.54, 1.807) is 11.1 Å². The van der Waals surface area contributed by atoms with Gasteiger partial charge in [0, 0.05) is 49.2 Å². The van der Waals surface area contributed by atoms with E-state index in [1.165, 1.54) is 12.6 Å². The number of amides is 1. The number of hydrogen-bond acceptors (Lipinski definition) is 9. The number of aliphatic hydroxyl groups excluding tert-OH is 1. The lowest BCUT2D eigenvalue weighted by Crippen LogP contribution is -2.37. The average Bonchev–Trinajstić information content (AvgIpc) is 3.39. The maximum Gasteiger partial charge on any atom is 0.251 e. The van der Waals surface area contributed by atoms with E-state index in [4.69, 9.17) is 15.2 Å². The van der Waals surface area contributed by atoms with Crippen LogP contribution in [-0.4, -0.2) is 77.5 Å². The lowest BCUT2D eigenvalue weighted by atomic mass is 10.1. The number of carbonyl (C=O) groups is 1. The molecule has 2 aliphatic rings. The van der Waals surface area contributed by atoms with Crippen molar-refractivity contribution >= 4 is 28.9 Å². The lowest BCUT2D eigenvalue weighted by molar-refractivity contribution is -0.138. The molecule has 2 atom stereocenters. The number of ether oxygens (including phenoxy) is 2. The molecule has 0 aliphatic carbocycles. The Bertz CT molecular complexity index is 1230. The number of benzene rings is 2. The maximum atomic E-state index is 12.0. The van der Waals surface area contributed by atoms with Crippen molar-refractivity contribution in [2.24, 2.45) is 0 Å². The van der Waals surface area contributed by atoms with Crippen LogP contribution < -0.4 is 20.7 Å². The number of aromatic nitrogens is 2. The number of nitrogens with one attached hydrogen (secondary N) is 1. The quantitative estimate of drug-likeness (QED) is 0.416. The Kier molecular flexibility index (Phi) is 7.38. The molecule has 10 heteroatoms. The van der Waals surface area contributed by atoms with Crippen molar-refractivity contribution in [3.05, 3.63) is 54.7 Å². The fourth-order valence-corrected chi connectivity index (χ4v) is 4.57. The zero-order valence-electron chi connectivity index (χ0n) is 20.8. The van der Waals surface area contributed by atoms with Crippen molar-refractivity contribution in [3.63, 3.8) is 0 Å². The monoisotopic (exact) mass is 504 g/mol. The summed E-state index contributed by atoms with van der Waals surface area (Å²) >= 11 is 0. The SMILES string of the molecule is C[C@@H](O)C(=O)N1CCC(Oc2ccc(-c3ccnc(Nc4ccc(N5CCOCC5)cc4)n3)cc2N)C1. The number of nitrogens with zero attached hydrogens (tertiary/aromatic N) is 4. The van der Waals surface area contributed by atoms with Crippen LogP contribution in [0.4, 0.5) is 23.0 Å². The fraction of sp³-hybridized carbons (Fsp3) is 0.370. The second kappa shape index (κ2) is 11.0. The third kappa shape index (κ3) is 5.92. The third-order valence-electron chi connectivity index (χ3n) is 6.57. The molecule has 1 aromatic heterocycles. The molecule has 37 heavy (non-hydrogen) atoms. The molecular formula is C27H32N6O4. The number of morpholine rings is 1. The number of nitrogens with two attached hydrogens (primary N) is 1. The first-order chi connectivity index (χ1) is 18.0. The summed E-state index contributed by atoms with van der Waals surface area (Å²) in [5, 5.41) is 12.8. The molecule has 3 heterocycles. The van der Waals surface area contributed by atoms with Gasteiger partial charge in [0.25, 0.3) is 5.91 Å². The van der Waals surface area contributed by atoms with Gasteiger partial charge in [0.15, 0.2) is 0 Å². The van der Waals surface area contributed by atoms with Crippen molar-refractivity contribution in [3.8, 4) is 17.0 Å². The van der Waals surface area contributed by atoms with Gasteiger partial charge in [0.05, 0.1) is 31.1 Å². The van der Waals surface area contributed by atoms with Crippen LogP contribution in [0.1, 0.15) is 13.3 Å². The maximum absolute atomic E-state index is 12.0. The minimum absolute atomic E-state index is 0.166. The molecular weight excluding hydrogens is 472 g/mol. The van der Waals surface area contributed by atoms with Gasteiger partial charge in [-0.3, -0.25) is 4.79 Å². The van der Waals surface area contributed by atoms with Crippen molar-refractivity contribution in [2.75, 3.05) is 55.3 Å². The molecule has 0 spiro atoms. The second-order valence-corrected chi connectivity index (χ2v) is 9.28. The van der Waals surface area contributed by atoms with Gasteiger partial charge >= 0.3 is 0 Å². The zero-order valence-corrected chi connectivity index (χ0v) is 20.8.